The number of carbonyl (C=O) groups is 1. The number of morpholine rings is 1. The molecule has 0 radical (unpaired) electrons. The first-order valence-corrected chi connectivity index (χ1v) is 10.2. The van der Waals surface area contributed by atoms with Crippen LogP contribution in [0.4, 0.5) is 4.39 Å². The summed E-state index contributed by atoms with van der Waals surface area (Å²) in [6.45, 7) is 8.92. The standard InChI is InChI=1S/C24H26FN3O2/c1-15-9-10-16(2)22(11-15)28-23(24(29)27-13-17(3)30-18(4)14-27)12-21(26-28)19-7-5-6-8-20(19)25/h5-12,17-18H,13-14H2,1-4H3/t17-,18+. The van der Waals surface area contributed by atoms with E-state index in [4.69, 9.17) is 4.74 Å². The smallest absolute Gasteiger partial charge is 0.272 e. The van der Waals surface area contributed by atoms with Gasteiger partial charge in [0.05, 0.1) is 23.6 Å². The SMILES string of the molecule is Cc1ccc(C)c(-n2nc(-c3ccccc3F)cc2C(=O)N2C[C@@H](C)O[C@@H](C)C2)c1. The van der Waals surface area contributed by atoms with Crippen LogP contribution in [0.1, 0.15) is 35.5 Å². The Labute approximate surface area is 176 Å². The molecule has 0 N–H and O–H groups in total. The van der Waals surface area contributed by atoms with Crippen molar-refractivity contribution in [3.63, 3.8) is 0 Å². The van der Waals surface area contributed by atoms with Crippen molar-refractivity contribution >= 4 is 5.91 Å². The third kappa shape index (κ3) is 3.87. The summed E-state index contributed by atoms with van der Waals surface area (Å²) in [6.07, 6.45) is -0.0818. The van der Waals surface area contributed by atoms with E-state index in [9.17, 15) is 9.18 Å². The van der Waals surface area contributed by atoms with Gasteiger partial charge < -0.3 is 9.64 Å². The van der Waals surface area contributed by atoms with E-state index in [1.54, 1.807) is 33.8 Å². The molecule has 6 heteroatoms. The van der Waals surface area contributed by atoms with E-state index in [2.05, 4.69) is 5.10 Å². The maximum Gasteiger partial charge on any atom is 0.272 e. The molecule has 2 atom stereocenters. The van der Waals surface area contributed by atoms with E-state index in [1.807, 2.05) is 45.9 Å². The van der Waals surface area contributed by atoms with Gasteiger partial charge in [0.1, 0.15) is 11.5 Å². The third-order valence-electron chi connectivity index (χ3n) is 5.38. The van der Waals surface area contributed by atoms with Gasteiger partial charge in [-0.05, 0) is 63.1 Å². The molecule has 1 fully saturated rings. The molecule has 0 aliphatic carbocycles. The minimum Gasteiger partial charge on any atom is -0.372 e. The van der Waals surface area contributed by atoms with Crippen molar-refractivity contribution in [3.05, 3.63) is 71.2 Å². The summed E-state index contributed by atoms with van der Waals surface area (Å²) in [5, 5.41) is 4.67. The number of nitrogens with zero attached hydrogens (tertiary/aromatic N) is 3. The Morgan fingerprint density at radius 2 is 1.77 bits per heavy atom. The lowest BCUT2D eigenvalue weighted by atomic mass is 10.1. The van der Waals surface area contributed by atoms with Crippen LogP contribution in [0.15, 0.2) is 48.5 Å². The fourth-order valence-electron chi connectivity index (χ4n) is 3.97. The minimum atomic E-state index is -0.365. The predicted octanol–water partition coefficient (Wildman–Crippen LogP) is 4.54. The number of rotatable bonds is 3. The van der Waals surface area contributed by atoms with Crippen molar-refractivity contribution in [1.29, 1.82) is 0 Å². The summed E-state index contributed by atoms with van der Waals surface area (Å²) >= 11 is 0. The van der Waals surface area contributed by atoms with Crippen LogP contribution in [0, 0.1) is 19.7 Å². The summed E-state index contributed by atoms with van der Waals surface area (Å²) in [5.41, 5.74) is 4.09. The summed E-state index contributed by atoms with van der Waals surface area (Å²) in [4.78, 5) is 15.3. The van der Waals surface area contributed by atoms with E-state index in [-0.39, 0.29) is 23.9 Å². The molecule has 0 spiro atoms. The second-order valence-corrected chi connectivity index (χ2v) is 8.06. The van der Waals surface area contributed by atoms with Gasteiger partial charge in [0.15, 0.2) is 0 Å². The second kappa shape index (κ2) is 8.03. The van der Waals surface area contributed by atoms with Crippen LogP contribution in [-0.2, 0) is 4.74 Å². The molecule has 0 bridgehead atoms. The van der Waals surface area contributed by atoms with Crippen LogP contribution < -0.4 is 0 Å². The number of amides is 1. The number of hydrogen-bond acceptors (Lipinski definition) is 3. The van der Waals surface area contributed by atoms with Gasteiger partial charge in [-0.2, -0.15) is 5.10 Å². The zero-order valence-corrected chi connectivity index (χ0v) is 17.7. The van der Waals surface area contributed by atoms with Crippen molar-refractivity contribution in [3.8, 4) is 16.9 Å². The van der Waals surface area contributed by atoms with Crippen LogP contribution in [0.25, 0.3) is 16.9 Å². The molecule has 1 aliphatic rings. The molecule has 0 unspecified atom stereocenters. The summed E-state index contributed by atoms with van der Waals surface area (Å²) in [7, 11) is 0. The molecule has 5 nitrogen and oxygen atoms in total. The lowest BCUT2D eigenvalue weighted by Gasteiger charge is -2.35. The zero-order valence-electron chi connectivity index (χ0n) is 17.7. The van der Waals surface area contributed by atoms with Gasteiger partial charge in [-0.3, -0.25) is 4.79 Å². The van der Waals surface area contributed by atoms with Crippen molar-refractivity contribution in [2.24, 2.45) is 0 Å². The third-order valence-corrected chi connectivity index (χ3v) is 5.38. The highest BCUT2D eigenvalue weighted by Crippen LogP contribution is 2.27. The summed E-state index contributed by atoms with van der Waals surface area (Å²) < 4.78 is 21.9. The molecule has 3 aromatic rings. The van der Waals surface area contributed by atoms with Gasteiger partial charge in [0.25, 0.3) is 5.91 Å². The Morgan fingerprint density at radius 3 is 2.47 bits per heavy atom. The predicted molar refractivity (Wildman–Crippen MR) is 114 cm³/mol. The molecule has 1 aliphatic heterocycles. The first kappa shape index (κ1) is 20.3. The van der Waals surface area contributed by atoms with Gasteiger partial charge in [0.2, 0.25) is 0 Å². The Morgan fingerprint density at radius 1 is 1.07 bits per heavy atom. The minimum absolute atomic E-state index is 0.0409. The monoisotopic (exact) mass is 407 g/mol. The summed E-state index contributed by atoms with van der Waals surface area (Å²) in [6, 6.07) is 14.2. The van der Waals surface area contributed by atoms with Crippen molar-refractivity contribution in [2.75, 3.05) is 13.1 Å². The van der Waals surface area contributed by atoms with Gasteiger partial charge in [0, 0.05) is 18.7 Å². The fourth-order valence-corrected chi connectivity index (χ4v) is 3.97. The first-order chi connectivity index (χ1) is 14.3. The molecule has 1 amide bonds. The number of hydrogen-bond donors (Lipinski definition) is 0. The highest BCUT2D eigenvalue weighted by atomic mass is 19.1. The number of halogens is 1. The largest absolute Gasteiger partial charge is 0.372 e. The molecule has 2 aromatic carbocycles. The first-order valence-electron chi connectivity index (χ1n) is 10.2. The lowest BCUT2D eigenvalue weighted by molar-refractivity contribution is -0.0588. The zero-order chi connectivity index (χ0) is 21.4. The van der Waals surface area contributed by atoms with E-state index in [1.165, 1.54) is 6.07 Å². The molecule has 1 aromatic heterocycles. The molecule has 0 saturated carbocycles. The van der Waals surface area contributed by atoms with Crippen LogP contribution in [-0.4, -0.2) is 45.9 Å². The van der Waals surface area contributed by atoms with Crippen LogP contribution >= 0.6 is 0 Å². The Bertz CT molecular complexity index is 1080. The lowest BCUT2D eigenvalue weighted by Crippen LogP contribution is -2.48. The van der Waals surface area contributed by atoms with Crippen LogP contribution in [0.3, 0.4) is 0 Å². The second-order valence-electron chi connectivity index (χ2n) is 8.06. The topological polar surface area (TPSA) is 47.4 Å². The maximum absolute atomic E-state index is 14.5. The van der Waals surface area contributed by atoms with Crippen LogP contribution in [0.5, 0.6) is 0 Å². The van der Waals surface area contributed by atoms with Gasteiger partial charge >= 0.3 is 0 Å². The number of ether oxygens (including phenoxy) is 1. The van der Waals surface area contributed by atoms with E-state index in [0.717, 1.165) is 16.8 Å². The summed E-state index contributed by atoms with van der Waals surface area (Å²) in [5.74, 6) is -0.497. The fraction of sp³-hybridized carbons (Fsp3) is 0.333. The maximum atomic E-state index is 14.5. The quantitative estimate of drug-likeness (QED) is 0.640. The molecular formula is C24H26FN3O2. The number of aryl methyl sites for hydroxylation is 2. The van der Waals surface area contributed by atoms with Gasteiger partial charge in [-0.15, -0.1) is 0 Å². The number of aromatic nitrogens is 2. The molecule has 156 valence electrons. The van der Waals surface area contributed by atoms with E-state index < -0.39 is 0 Å². The highest BCUT2D eigenvalue weighted by molar-refractivity contribution is 5.94. The molecule has 1 saturated heterocycles. The van der Waals surface area contributed by atoms with Crippen molar-refractivity contribution in [1.82, 2.24) is 14.7 Å². The van der Waals surface area contributed by atoms with Crippen molar-refractivity contribution < 1.29 is 13.9 Å². The Hall–Kier alpha value is -2.99. The Kier molecular flexibility index (Phi) is 5.43. The molecule has 30 heavy (non-hydrogen) atoms. The van der Waals surface area contributed by atoms with Gasteiger partial charge in [-0.1, -0.05) is 24.3 Å². The molecular weight excluding hydrogens is 381 g/mol. The highest BCUT2D eigenvalue weighted by Gasteiger charge is 2.30. The van der Waals surface area contributed by atoms with E-state index in [0.29, 0.717) is 30.0 Å². The van der Waals surface area contributed by atoms with Gasteiger partial charge in [-0.25, -0.2) is 9.07 Å². The van der Waals surface area contributed by atoms with Crippen molar-refractivity contribution in [2.45, 2.75) is 39.9 Å². The normalized spacial score (nSPS) is 19.2. The van der Waals surface area contributed by atoms with Crippen LogP contribution in [0.2, 0.25) is 0 Å². The number of carbonyl (C=O) groups excluding carboxylic acids is 1. The molecule has 2 heterocycles. The average molecular weight is 407 g/mol. The number of benzene rings is 2. The van der Waals surface area contributed by atoms with E-state index >= 15 is 0 Å². The molecule has 4 rings (SSSR count). The average Bonchev–Trinajstić information content (AvgIpc) is 3.13. The Balaban J connectivity index is 1.85.